The van der Waals surface area contributed by atoms with Gasteiger partial charge in [0.15, 0.2) is 0 Å². The van der Waals surface area contributed by atoms with Crippen LogP contribution in [0.5, 0.6) is 5.75 Å². The Morgan fingerprint density at radius 3 is 2.86 bits per heavy atom. The maximum Gasteiger partial charge on any atom is 0.254 e. The summed E-state index contributed by atoms with van der Waals surface area (Å²) in [5, 5.41) is 6.14. The zero-order valence-electron chi connectivity index (χ0n) is 12.4. The third kappa shape index (κ3) is 3.71. The summed E-state index contributed by atoms with van der Waals surface area (Å²) in [6.45, 7) is 1.82. The van der Waals surface area contributed by atoms with Crippen LogP contribution in [0.4, 0.5) is 4.39 Å². The van der Waals surface area contributed by atoms with E-state index in [1.807, 2.05) is 0 Å². The Morgan fingerprint density at radius 2 is 2.29 bits per heavy atom. The first-order chi connectivity index (χ1) is 10.1. The van der Waals surface area contributed by atoms with Gasteiger partial charge in [0.1, 0.15) is 11.6 Å². The first-order valence-corrected chi connectivity index (χ1v) is 6.96. The van der Waals surface area contributed by atoms with Crippen LogP contribution < -0.4 is 15.4 Å². The molecule has 0 aliphatic carbocycles. The van der Waals surface area contributed by atoms with Gasteiger partial charge in [0.2, 0.25) is 0 Å². The van der Waals surface area contributed by atoms with E-state index in [0.717, 1.165) is 19.4 Å². The molecule has 5 nitrogen and oxygen atoms in total. The molecule has 1 fully saturated rings. The topological polar surface area (TPSA) is 59.6 Å². The van der Waals surface area contributed by atoms with Gasteiger partial charge < -0.3 is 20.1 Å². The van der Waals surface area contributed by atoms with Crippen molar-refractivity contribution in [3.63, 3.8) is 0 Å². The minimum absolute atomic E-state index is 0.0152. The van der Waals surface area contributed by atoms with Gasteiger partial charge in [0.25, 0.3) is 5.91 Å². The number of rotatable bonds is 6. The Labute approximate surface area is 123 Å². The number of carbonyl (C=O) groups excluding carboxylic acids is 1. The molecule has 0 saturated carbocycles. The molecule has 0 spiro atoms. The van der Waals surface area contributed by atoms with Crippen molar-refractivity contribution in [3.05, 3.63) is 29.6 Å². The van der Waals surface area contributed by atoms with Crippen LogP contribution in [0.1, 0.15) is 23.2 Å². The standard InChI is InChI=1S/C15H21FN2O3/c1-20-10-15(6-3-7-18-15)9-17-14(19)12-5-4-11(21-2)8-13(12)16/h4-5,8,18H,3,6-7,9-10H2,1-2H3,(H,17,19). The van der Waals surface area contributed by atoms with Crippen LogP contribution >= 0.6 is 0 Å². The molecule has 0 bridgehead atoms. The summed E-state index contributed by atoms with van der Waals surface area (Å²) in [5.41, 5.74) is -0.241. The summed E-state index contributed by atoms with van der Waals surface area (Å²) in [5.74, 6) is -0.635. The summed E-state index contributed by atoms with van der Waals surface area (Å²) in [6.07, 6.45) is 1.96. The van der Waals surface area contributed by atoms with E-state index in [4.69, 9.17) is 9.47 Å². The lowest BCUT2D eigenvalue weighted by atomic mass is 9.98. The van der Waals surface area contributed by atoms with E-state index in [0.29, 0.717) is 18.9 Å². The van der Waals surface area contributed by atoms with Crippen molar-refractivity contribution < 1.29 is 18.7 Å². The van der Waals surface area contributed by atoms with Crippen molar-refractivity contribution in [1.82, 2.24) is 10.6 Å². The van der Waals surface area contributed by atoms with Crippen LogP contribution in [0.3, 0.4) is 0 Å². The highest BCUT2D eigenvalue weighted by molar-refractivity contribution is 5.94. The van der Waals surface area contributed by atoms with Crippen molar-refractivity contribution in [2.75, 3.05) is 33.9 Å². The largest absolute Gasteiger partial charge is 0.497 e. The smallest absolute Gasteiger partial charge is 0.254 e. The molecule has 1 amide bonds. The number of halogens is 1. The molecule has 1 atom stereocenters. The molecule has 0 aromatic heterocycles. The molecule has 1 aliphatic rings. The first-order valence-electron chi connectivity index (χ1n) is 6.96. The second-order valence-electron chi connectivity index (χ2n) is 5.27. The van der Waals surface area contributed by atoms with Crippen molar-refractivity contribution in [2.24, 2.45) is 0 Å². The highest BCUT2D eigenvalue weighted by atomic mass is 19.1. The molecular weight excluding hydrogens is 275 g/mol. The van der Waals surface area contributed by atoms with E-state index >= 15 is 0 Å². The number of benzene rings is 1. The minimum atomic E-state index is -0.591. The normalized spacial score (nSPS) is 21.3. The molecule has 6 heteroatoms. The Hall–Kier alpha value is -1.66. The lowest BCUT2D eigenvalue weighted by Crippen LogP contribution is -2.53. The van der Waals surface area contributed by atoms with Crippen LogP contribution in [0.2, 0.25) is 0 Å². The van der Waals surface area contributed by atoms with Crippen LogP contribution in [-0.4, -0.2) is 45.4 Å². The summed E-state index contributed by atoms with van der Waals surface area (Å²) >= 11 is 0. The second-order valence-corrected chi connectivity index (χ2v) is 5.27. The van der Waals surface area contributed by atoms with Gasteiger partial charge in [-0.25, -0.2) is 4.39 Å². The summed E-state index contributed by atoms with van der Waals surface area (Å²) in [7, 11) is 3.08. The summed E-state index contributed by atoms with van der Waals surface area (Å²) in [4.78, 5) is 12.1. The van der Waals surface area contributed by atoms with Crippen molar-refractivity contribution >= 4 is 5.91 Å². The third-order valence-corrected chi connectivity index (χ3v) is 3.76. The van der Waals surface area contributed by atoms with E-state index < -0.39 is 11.7 Å². The van der Waals surface area contributed by atoms with E-state index in [-0.39, 0.29) is 11.1 Å². The maximum atomic E-state index is 13.9. The van der Waals surface area contributed by atoms with Gasteiger partial charge in [0.05, 0.1) is 24.8 Å². The second kappa shape index (κ2) is 6.87. The predicted octanol–water partition coefficient (Wildman–Crippen LogP) is 1.33. The van der Waals surface area contributed by atoms with Gasteiger partial charge in [-0.3, -0.25) is 4.79 Å². The molecular formula is C15H21FN2O3. The molecule has 1 aromatic rings. The van der Waals surface area contributed by atoms with Crippen LogP contribution in [0.25, 0.3) is 0 Å². The fourth-order valence-corrected chi connectivity index (χ4v) is 2.62. The lowest BCUT2D eigenvalue weighted by Gasteiger charge is -2.29. The van der Waals surface area contributed by atoms with E-state index in [2.05, 4.69) is 10.6 Å². The molecule has 1 aliphatic heterocycles. The highest BCUT2D eigenvalue weighted by Crippen LogP contribution is 2.20. The maximum absolute atomic E-state index is 13.9. The average Bonchev–Trinajstić information content (AvgIpc) is 2.94. The zero-order valence-corrected chi connectivity index (χ0v) is 12.4. The fourth-order valence-electron chi connectivity index (χ4n) is 2.62. The molecule has 1 aromatic carbocycles. The van der Waals surface area contributed by atoms with Gasteiger partial charge in [-0.1, -0.05) is 0 Å². The summed E-state index contributed by atoms with van der Waals surface area (Å²) < 4.78 is 24.0. The Balaban J connectivity index is 2.01. The molecule has 1 heterocycles. The number of nitrogens with one attached hydrogen (secondary N) is 2. The monoisotopic (exact) mass is 296 g/mol. The highest BCUT2D eigenvalue weighted by Gasteiger charge is 2.34. The Morgan fingerprint density at radius 1 is 1.48 bits per heavy atom. The van der Waals surface area contributed by atoms with Gasteiger partial charge >= 0.3 is 0 Å². The van der Waals surface area contributed by atoms with Gasteiger partial charge in [0, 0.05) is 19.7 Å². The van der Waals surface area contributed by atoms with Crippen LogP contribution in [-0.2, 0) is 4.74 Å². The van der Waals surface area contributed by atoms with Crippen LogP contribution in [0, 0.1) is 5.82 Å². The quantitative estimate of drug-likeness (QED) is 0.831. The van der Waals surface area contributed by atoms with Gasteiger partial charge in [-0.2, -0.15) is 0 Å². The molecule has 0 radical (unpaired) electrons. The van der Waals surface area contributed by atoms with Crippen LogP contribution in [0.15, 0.2) is 18.2 Å². The average molecular weight is 296 g/mol. The van der Waals surface area contributed by atoms with E-state index in [1.165, 1.54) is 19.2 Å². The van der Waals surface area contributed by atoms with E-state index in [9.17, 15) is 9.18 Å². The number of ether oxygens (including phenoxy) is 2. The molecule has 1 unspecified atom stereocenters. The first kappa shape index (κ1) is 15.7. The molecule has 21 heavy (non-hydrogen) atoms. The fraction of sp³-hybridized carbons (Fsp3) is 0.533. The number of carbonyl (C=O) groups is 1. The molecule has 116 valence electrons. The predicted molar refractivity (Wildman–Crippen MR) is 77.1 cm³/mol. The van der Waals surface area contributed by atoms with Gasteiger partial charge in [-0.15, -0.1) is 0 Å². The molecule has 2 N–H and O–H groups in total. The van der Waals surface area contributed by atoms with Gasteiger partial charge in [-0.05, 0) is 31.5 Å². The van der Waals surface area contributed by atoms with E-state index in [1.54, 1.807) is 13.2 Å². The SMILES string of the molecule is COCC1(CNC(=O)c2ccc(OC)cc2F)CCCN1. The Kier molecular flexibility index (Phi) is 5.14. The molecule has 1 saturated heterocycles. The van der Waals surface area contributed by atoms with Crippen molar-refractivity contribution in [2.45, 2.75) is 18.4 Å². The zero-order chi connectivity index (χ0) is 15.3. The number of methoxy groups -OCH3 is 2. The Bertz CT molecular complexity index is 502. The summed E-state index contributed by atoms with van der Waals surface area (Å²) in [6, 6.07) is 4.19. The number of hydrogen-bond acceptors (Lipinski definition) is 4. The van der Waals surface area contributed by atoms with Crippen molar-refractivity contribution in [1.29, 1.82) is 0 Å². The minimum Gasteiger partial charge on any atom is -0.497 e. The third-order valence-electron chi connectivity index (χ3n) is 3.76. The number of amides is 1. The number of hydrogen-bond donors (Lipinski definition) is 2. The molecule has 2 rings (SSSR count). The van der Waals surface area contributed by atoms with Crippen molar-refractivity contribution in [3.8, 4) is 5.75 Å². The lowest BCUT2D eigenvalue weighted by molar-refractivity contribution is 0.0888.